The van der Waals surface area contributed by atoms with Gasteiger partial charge < -0.3 is 14.4 Å². The summed E-state index contributed by atoms with van der Waals surface area (Å²) in [5, 5.41) is 10.2. The maximum atomic E-state index is 13.6. The van der Waals surface area contributed by atoms with Crippen LogP contribution >= 0.6 is 0 Å². The molecule has 2 aliphatic heterocycles. The lowest BCUT2D eigenvalue weighted by atomic mass is 9.85. The highest BCUT2D eigenvalue weighted by atomic mass is 19.1. The first kappa shape index (κ1) is 12.1. The molecule has 1 saturated heterocycles. The lowest BCUT2D eigenvalue weighted by Gasteiger charge is -2.33. The van der Waals surface area contributed by atoms with Crippen LogP contribution in [0.1, 0.15) is 18.0 Å². The first-order chi connectivity index (χ1) is 9.75. The predicted molar refractivity (Wildman–Crippen MR) is 70.7 cm³/mol. The fourth-order valence-electron chi connectivity index (χ4n) is 3.44. The monoisotopic (exact) mass is 274 g/mol. The number of hydrogen-bond acceptors (Lipinski definition) is 3. The summed E-state index contributed by atoms with van der Waals surface area (Å²) in [5.74, 6) is -0.214. The zero-order valence-electron chi connectivity index (χ0n) is 10.9. The van der Waals surface area contributed by atoms with Crippen LogP contribution in [0.4, 0.5) is 4.39 Å². The number of rotatable bonds is 1. The molecule has 0 bridgehead atoms. The predicted octanol–water partition coefficient (Wildman–Crippen LogP) is 1.99. The van der Waals surface area contributed by atoms with Gasteiger partial charge in [-0.15, -0.1) is 0 Å². The maximum absolute atomic E-state index is 13.6. The molecule has 4 rings (SSSR count). The highest BCUT2D eigenvalue weighted by molar-refractivity contribution is 5.69. The van der Waals surface area contributed by atoms with Crippen LogP contribution in [0, 0.1) is 11.7 Å². The van der Waals surface area contributed by atoms with Gasteiger partial charge in [-0.2, -0.15) is 0 Å². The Kier molecular flexibility index (Phi) is 2.65. The zero-order valence-corrected chi connectivity index (χ0v) is 10.9. The summed E-state index contributed by atoms with van der Waals surface area (Å²) in [6, 6.07) is 4.79. The van der Waals surface area contributed by atoms with Gasteiger partial charge in [-0.1, -0.05) is 0 Å². The number of halogens is 1. The van der Waals surface area contributed by atoms with Gasteiger partial charge in [0.2, 0.25) is 0 Å². The van der Waals surface area contributed by atoms with E-state index in [2.05, 4.69) is 4.98 Å². The minimum atomic E-state index is -0.529. The molecule has 1 aromatic carbocycles. The molecular weight excluding hydrogens is 259 g/mol. The van der Waals surface area contributed by atoms with Crippen LogP contribution in [-0.2, 0) is 4.74 Å². The van der Waals surface area contributed by atoms with Gasteiger partial charge in [0, 0.05) is 18.1 Å². The molecule has 0 unspecified atom stereocenters. The number of aromatic nitrogens is 2. The molecule has 0 radical (unpaired) electrons. The third-order valence-corrected chi connectivity index (χ3v) is 4.36. The molecule has 0 amide bonds. The van der Waals surface area contributed by atoms with Gasteiger partial charge in [0.1, 0.15) is 5.82 Å². The lowest BCUT2D eigenvalue weighted by molar-refractivity contribution is -0.0540. The topological polar surface area (TPSA) is 47.3 Å². The number of nitrogens with zero attached hydrogens (tertiary/aromatic N) is 2. The third-order valence-electron chi connectivity index (χ3n) is 4.36. The number of aliphatic hydroxyl groups is 1. The quantitative estimate of drug-likeness (QED) is 0.865. The molecule has 4 nitrogen and oxygen atoms in total. The molecule has 3 atom stereocenters. The summed E-state index contributed by atoms with van der Waals surface area (Å²) in [4.78, 5) is 4.19. The average molecular weight is 274 g/mol. The van der Waals surface area contributed by atoms with E-state index >= 15 is 0 Å². The van der Waals surface area contributed by atoms with Gasteiger partial charge >= 0.3 is 0 Å². The van der Waals surface area contributed by atoms with Crippen molar-refractivity contribution in [3.8, 4) is 11.3 Å². The summed E-state index contributed by atoms with van der Waals surface area (Å²) >= 11 is 0. The number of benzene rings is 1. The summed E-state index contributed by atoms with van der Waals surface area (Å²) in [7, 11) is 0. The minimum absolute atomic E-state index is 0.0275. The molecule has 0 spiro atoms. The van der Waals surface area contributed by atoms with Gasteiger partial charge in [0.15, 0.2) is 0 Å². The molecule has 1 aromatic heterocycles. The molecule has 20 heavy (non-hydrogen) atoms. The first-order valence-electron chi connectivity index (χ1n) is 6.83. The number of fused-ring (bicyclic) bond motifs is 3. The van der Waals surface area contributed by atoms with Gasteiger partial charge in [0.05, 0.1) is 37.0 Å². The number of hydrogen-bond donors (Lipinski definition) is 1. The van der Waals surface area contributed by atoms with E-state index in [1.165, 1.54) is 6.07 Å². The van der Waals surface area contributed by atoms with E-state index < -0.39 is 6.10 Å². The van der Waals surface area contributed by atoms with E-state index in [1.54, 1.807) is 24.7 Å². The fraction of sp³-hybridized carbons (Fsp3) is 0.400. The summed E-state index contributed by atoms with van der Waals surface area (Å²) in [5.41, 5.74) is 2.93. The lowest BCUT2D eigenvalue weighted by Crippen LogP contribution is -2.37. The molecule has 0 aliphatic carbocycles. The highest BCUT2D eigenvalue weighted by Gasteiger charge is 2.39. The van der Waals surface area contributed by atoms with Crippen molar-refractivity contribution in [2.45, 2.75) is 18.6 Å². The van der Waals surface area contributed by atoms with E-state index in [9.17, 15) is 9.50 Å². The molecule has 2 aromatic rings. The molecule has 104 valence electrons. The van der Waals surface area contributed by atoms with Crippen molar-refractivity contribution in [2.75, 3.05) is 13.2 Å². The molecule has 1 N–H and O–H groups in total. The van der Waals surface area contributed by atoms with E-state index in [4.69, 9.17) is 4.74 Å². The van der Waals surface area contributed by atoms with Crippen LogP contribution in [0.15, 0.2) is 30.7 Å². The van der Waals surface area contributed by atoms with Crippen LogP contribution in [-0.4, -0.2) is 34.0 Å². The number of aliphatic hydroxyl groups excluding tert-OH is 1. The molecule has 1 fully saturated rings. The largest absolute Gasteiger partial charge is 0.390 e. The Labute approximate surface area is 115 Å². The van der Waals surface area contributed by atoms with Crippen LogP contribution in [0.25, 0.3) is 11.3 Å². The van der Waals surface area contributed by atoms with Crippen LogP contribution < -0.4 is 0 Å². The van der Waals surface area contributed by atoms with Crippen molar-refractivity contribution in [2.24, 2.45) is 5.92 Å². The van der Waals surface area contributed by atoms with Crippen molar-refractivity contribution < 1.29 is 14.2 Å². The standard InChI is InChI=1S/C15H15FN2O2/c16-9-1-2-10-12(5-9)15(18-8-17-6-13(10)18)11-3-4-20-7-14(11)19/h1-2,5-6,8,11,14-15,19H,3-4,7H2/t11-,14-,15-/m0/s1. The van der Waals surface area contributed by atoms with E-state index in [-0.39, 0.29) is 17.8 Å². The summed E-state index contributed by atoms with van der Waals surface area (Å²) < 4.78 is 21.0. The van der Waals surface area contributed by atoms with Crippen LogP contribution in [0.3, 0.4) is 0 Å². The third kappa shape index (κ3) is 1.63. The summed E-state index contributed by atoms with van der Waals surface area (Å²) in [6.45, 7) is 0.975. The minimum Gasteiger partial charge on any atom is -0.390 e. The van der Waals surface area contributed by atoms with Gasteiger partial charge in [-0.25, -0.2) is 9.37 Å². The van der Waals surface area contributed by atoms with Crippen LogP contribution in [0.2, 0.25) is 0 Å². The highest BCUT2D eigenvalue weighted by Crippen LogP contribution is 2.45. The maximum Gasteiger partial charge on any atom is 0.123 e. The average Bonchev–Trinajstić information content (AvgIpc) is 3.00. The Morgan fingerprint density at radius 1 is 1.40 bits per heavy atom. The van der Waals surface area contributed by atoms with Crippen molar-refractivity contribution in [1.29, 1.82) is 0 Å². The Bertz CT molecular complexity index is 655. The number of ether oxygens (including phenoxy) is 1. The Morgan fingerprint density at radius 3 is 3.15 bits per heavy atom. The van der Waals surface area contributed by atoms with E-state index in [0.717, 1.165) is 23.2 Å². The van der Waals surface area contributed by atoms with E-state index in [1.807, 2.05) is 4.57 Å². The molecule has 5 heteroatoms. The van der Waals surface area contributed by atoms with Crippen molar-refractivity contribution >= 4 is 0 Å². The van der Waals surface area contributed by atoms with Crippen molar-refractivity contribution in [3.63, 3.8) is 0 Å². The molecule has 0 saturated carbocycles. The first-order valence-corrected chi connectivity index (χ1v) is 6.83. The molecular formula is C15H15FN2O2. The second-order valence-electron chi connectivity index (χ2n) is 5.46. The smallest absolute Gasteiger partial charge is 0.123 e. The SMILES string of the molecule is O[C@H]1COCC[C@@H]1[C@H]1c2cc(F)ccc2-c2cncn21. The fourth-order valence-corrected chi connectivity index (χ4v) is 3.44. The van der Waals surface area contributed by atoms with Crippen LogP contribution in [0.5, 0.6) is 0 Å². The van der Waals surface area contributed by atoms with Crippen molar-refractivity contribution in [1.82, 2.24) is 9.55 Å². The second kappa shape index (κ2) is 4.40. The van der Waals surface area contributed by atoms with Gasteiger partial charge in [0.25, 0.3) is 0 Å². The Hall–Kier alpha value is -1.72. The summed E-state index contributed by atoms with van der Waals surface area (Å²) in [6.07, 6.45) is 3.79. The Balaban J connectivity index is 1.85. The van der Waals surface area contributed by atoms with Gasteiger partial charge in [-0.05, 0) is 30.2 Å². The normalized spacial score (nSPS) is 28.2. The van der Waals surface area contributed by atoms with E-state index in [0.29, 0.717) is 13.2 Å². The number of imidazole rings is 1. The molecule has 2 aliphatic rings. The Morgan fingerprint density at radius 2 is 2.30 bits per heavy atom. The second-order valence-corrected chi connectivity index (χ2v) is 5.46. The van der Waals surface area contributed by atoms with Gasteiger partial charge in [-0.3, -0.25) is 0 Å². The molecule has 3 heterocycles. The zero-order chi connectivity index (χ0) is 13.7. The van der Waals surface area contributed by atoms with Crippen molar-refractivity contribution in [3.05, 3.63) is 42.1 Å².